The van der Waals surface area contributed by atoms with E-state index in [0.717, 1.165) is 9.87 Å². The molecule has 0 atom stereocenters. The Morgan fingerprint density at radius 3 is 2.21 bits per heavy atom. The van der Waals surface area contributed by atoms with E-state index in [-0.39, 0.29) is 33.0 Å². The number of ether oxygens (including phenoxy) is 1. The minimum atomic E-state index is -4.28. The van der Waals surface area contributed by atoms with Gasteiger partial charge in [0.2, 0.25) is 5.91 Å². The van der Waals surface area contributed by atoms with Crippen LogP contribution in [0.4, 0.5) is 5.69 Å². The van der Waals surface area contributed by atoms with E-state index in [2.05, 4.69) is 0 Å². The van der Waals surface area contributed by atoms with Crippen LogP contribution in [0.15, 0.2) is 83.9 Å². The summed E-state index contributed by atoms with van der Waals surface area (Å²) < 4.78 is 35.3. The molecule has 4 rings (SSSR count). The van der Waals surface area contributed by atoms with Crippen LogP contribution < -0.4 is 4.31 Å². The van der Waals surface area contributed by atoms with Gasteiger partial charge in [-0.2, -0.15) is 0 Å². The Labute approximate surface area is 231 Å². The fourth-order valence-corrected chi connectivity index (χ4v) is 6.10. The number of aromatic nitrogens is 1. The number of anilines is 1. The number of carbonyl (C=O) groups excluding carboxylic acids is 2. The molecule has 198 valence electrons. The van der Waals surface area contributed by atoms with Crippen molar-refractivity contribution in [2.45, 2.75) is 37.7 Å². The van der Waals surface area contributed by atoms with Gasteiger partial charge in [-0.1, -0.05) is 53.5 Å². The maximum Gasteiger partial charge on any atom is 0.327 e. The molecule has 38 heavy (non-hydrogen) atoms. The summed E-state index contributed by atoms with van der Waals surface area (Å²) in [4.78, 5) is 25.5. The number of fused-ring (bicyclic) bond motifs is 1. The van der Waals surface area contributed by atoms with Crippen molar-refractivity contribution in [2.75, 3.05) is 10.8 Å². The standard InChI is InChI=1S/C28H26Cl2N2O5S/c1-28(2,3)37-27(34)18-32(38(35,36)24-16-21(29)15-22(30)17-24)23-9-10-25-20(14-23)11-12-31(25)26(33)13-19-7-5-4-6-8-19/h4-12,14-17H,13,18H2,1-3H3. The molecule has 4 aromatic rings. The highest BCUT2D eigenvalue weighted by Crippen LogP contribution is 2.31. The molecule has 3 aromatic carbocycles. The van der Waals surface area contributed by atoms with Crippen molar-refractivity contribution in [1.82, 2.24) is 4.57 Å². The van der Waals surface area contributed by atoms with E-state index >= 15 is 0 Å². The number of carbonyl (C=O) groups is 2. The number of hydrogen-bond donors (Lipinski definition) is 0. The molecule has 1 aromatic heterocycles. The molecule has 10 heteroatoms. The zero-order chi connectivity index (χ0) is 27.7. The third-order valence-electron chi connectivity index (χ3n) is 5.55. The Hall–Kier alpha value is -3.33. The normalized spacial score (nSPS) is 11.9. The monoisotopic (exact) mass is 572 g/mol. The zero-order valence-electron chi connectivity index (χ0n) is 21.0. The SMILES string of the molecule is CC(C)(C)OC(=O)CN(c1ccc2c(ccn2C(=O)Cc2ccccc2)c1)S(=O)(=O)c1cc(Cl)cc(Cl)c1. The largest absolute Gasteiger partial charge is 0.459 e. The summed E-state index contributed by atoms with van der Waals surface area (Å²) in [6.45, 7) is 4.51. The van der Waals surface area contributed by atoms with Crippen molar-refractivity contribution < 1.29 is 22.7 Å². The Morgan fingerprint density at radius 1 is 0.921 bits per heavy atom. The van der Waals surface area contributed by atoms with Gasteiger partial charge < -0.3 is 4.74 Å². The van der Waals surface area contributed by atoms with Crippen molar-refractivity contribution in [1.29, 1.82) is 0 Å². The first-order valence-electron chi connectivity index (χ1n) is 11.7. The van der Waals surface area contributed by atoms with E-state index in [9.17, 15) is 18.0 Å². The highest BCUT2D eigenvalue weighted by atomic mass is 35.5. The lowest BCUT2D eigenvalue weighted by Crippen LogP contribution is -2.39. The van der Waals surface area contributed by atoms with E-state index in [1.807, 2.05) is 30.3 Å². The third kappa shape index (κ3) is 6.38. The molecule has 0 fully saturated rings. The average Bonchev–Trinajstić information content (AvgIpc) is 3.25. The van der Waals surface area contributed by atoms with Crippen LogP contribution in [0.5, 0.6) is 0 Å². The van der Waals surface area contributed by atoms with Crippen LogP contribution in [0.3, 0.4) is 0 Å². The number of benzene rings is 3. The first-order valence-corrected chi connectivity index (χ1v) is 13.9. The summed E-state index contributed by atoms with van der Waals surface area (Å²) in [6.07, 6.45) is 1.85. The molecule has 0 spiro atoms. The molecule has 0 aliphatic heterocycles. The quantitative estimate of drug-likeness (QED) is 0.240. The molecule has 1 heterocycles. The minimum absolute atomic E-state index is 0.134. The second-order valence-corrected chi connectivity index (χ2v) is 12.4. The van der Waals surface area contributed by atoms with Crippen LogP contribution in [-0.2, 0) is 26.0 Å². The topological polar surface area (TPSA) is 85.7 Å². The number of hydrogen-bond acceptors (Lipinski definition) is 5. The van der Waals surface area contributed by atoms with Gasteiger partial charge in [-0.15, -0.1) is 0 Å². The summed E-state index contributed by atoms with van der Waals surface area (Å²) in [6, 6.07) is 19.9. The van der Waals surface area contributed by atoms with Crippen LogP contribution >= 0.6 is 23.2 Å². The molecule has 0 N–H and O–H groups in total. The summed E-state index contributed by atoms with van der Waals surface area (Å²) in [7, 11) is -4.28. The zero-order valence-corrected chi connectivity index (χ0v) is 23.3. The van der Waals surface area contributed by atoms with Gasteiger partial charge in [-0.3, -0.25) is 18.5 Å². The summed E-state index contributed by atoms with van der Waals surface area (Å²) in [5.41, 5.74) is 0.889. The fraction of sp³-hybridized carbons (Fsp3) is 0.214. The van der Waals surface area contributed by atoms with Crippen LogP contribution in [0.25, 0.3) is 10.9 Å². The Kier molecular flexibility index (Phi) is 7.88. The first-order chi connectivity index (χ1) is 17.8. The van der Waals surface area contributed by atoms with E-state index in [1.54, 1.807) is 51.2 Å². The van der Waals surface area contributed by atoms with Crippen LogP contribution in [0, 0.1) is 0 Å². The molecule has 0 unspecified atom stereocenters. The number of rotatable bonds is 7. The lowest BCUT2D eigenvalue weighted by atomic mass is 10.1. The fourth-order valence-electron chi connectivity index (χ4n) is 3.97. The molecule has 0 saturated heterocycles. The van der Waals surface area contributed by atoms with Gasteiger partial charge in [-0.05, 0) is 68.8 Å². The highest BCUT2D eigenvalue weighted by Gasteiger charge is 2.30. The number of esters is 1. The molecule has 0 amide bonds. The van der Waals surface area contributed by atoms with Gasteiger partial charge in [0.25, 0.3) is 10.0 Å². The van der Waals surface area contributed by atoms with Crippen LogP contribution in [-0.4, -0.2) is 37.0 Å². The van der Waals surface area contributed by atoms with E-state index < -0.39 is 28.1 Å². The molecule has 0 saturated carbocycles. The summed E-state index contributed by atoms with van der Waals surface area (Å²) >= 11 is 12.1. The van der Waals surface area contributed by atoms with Gasteiger partial charge in [0.05, 0.1) is 22.5 Å². The molecular formula is C28H26Cl2N2O5S. The predicted molar refractivity (Wildman–Crippen MR) is 150 cm³/mol. The molecule has 0 radical (unpaired) electrons. The maximum absolute atomic E-state index is 13.7. The second kappa shape index (κ2) is 10.8. The Balaban J connectivity index is 1.73. The minimum Gasteiger partial charge on any atom is -0.459 e. The number of halogens is 2. The number of nitrogens with zero attached hydrogens (tertiary/aromatic N) is 2. The summed E-state index contributed by atoms with van der Waals surface area (Å²) in [5.74, 6) is -0.865. The highest BCUT2D eigenvalue weighted by molar-refractivity contribution is 7.92. The van der Waals surface area contributed by atoms with Crippen LogP contribution in [0.2, 0.25) is 10.0 Å². The molecule has 0 aliphatic carbocycles. The van der Waals surface area contributed by atoms with Crippen molar-refractivity contribution >= 4 is 61.7 Å². The van der Waals surface area contributed by atoms with E-state index in [1.165, 1.54) is 22.8 Å². The molecule has 0 aliphatic rings. The van der Waals surface area contributed by atoms with Crippen LogP contribution in [0.1, 0.15) is 31.1 Å². The predicted octanol–water partition coefficient (Wildman–Crippen LogP) is 6.37. The van der Waals surface area contributed by atoms with Gasteiger partial charge in [0.1, 0.15) is 12.1 Å². The summed E-state index contributed by atoms with van der Waals surface area (Å²) in [5, 5.41) is 0.896. The van der Waals surface area contributed by atoms with Crippen molar-refractivity contribution in [3.63, 3.8) is 0 Å². The lowest BCUT2D eigenvalue weighted by molar-refractivity contribution is -0.152. The number of sulfonamides is 1. The van der Waals surface area contributed by atoms with Crippen molar-refractivity contribution in [2.24, 2.45) is 0 Å². The van der Waals surface area contributed by atoms with Crippen molar-refractivity contribution in [3.05, 3.63) is 94.6 Å². The Morgan fingerprint density at radius 2 is 1.58 bits per heavy atom. The van der Waals surface area contributed by atoms with Gasteiger partial charge >= 0.3 is 5.97 Å². The van der Waals surface area contributed by atoms with Gasteiger partial charge in [-0.25, -0.2) is 8.42 Å². The Bertz CT molecular complexity index is 1590. The smallest absolute Gasteiger partial charge is 0.327 e. The lowest BCUT2D eigenvalue weighted by Gasteiger charge is -2.26. The van der Waals surface area contributed by atoms with E-state index in [0.29, 0.717) is 10.9 Å². The van der Waals surface area contributed by atoms with Crippen molar-refractivity contribution in [3.8, 4) is 0 Å². The molecule has 7 nitrogen and oxygen atoms in total. The maximum atomic E-state index is 13.7. The average molecular weight is 573 g/mol. The second-order valence-electron chi connectivity index (χ2n) is 9.69. The first kappa shape index (κ1) is 27.7. The molecular weight excluding hydrogens is 547 g/mol. The molecule has 0 bridgehead atoms. The third-order valence-corrected chi connectivity index (χ3v) is 7.73. The van der Waals surface area contributed by atoms with Gasteiger partial charge in [0, 0.05) is 21.6 Å². The van der Waals surface area contributed by atoms with Gasteiger partial charge in [0.15, 0.2) is 0 Å². The van der Waals surface area contributed by atoms with E-state index in [4.69, 9.17) is 27.9 Å².